The van der Waals surface area contributed by atoms with Crippen LogP contribution >= 0.6 is 15.9 Å². The average molecular weight is 404 g/mol. The lowest BCUT2D eigenvalue weighted by Gasteiger charge is -2.10. The fraction of sp³-hybridized carbons (Fsp3) is 0.111. The predicted octanol–water partition coefficient (Wildman–Crippen LogP) is 4.19. The van der Waals surface area contributed by atoms with Gasteiger partial charge in [0.25, 0.3) is 5.69 Å². The fourth-order valence-electron chi connectivity index (χ4n) is 2.02. The minimum absolute atomic E-state index is 0.0747. The highest BCUT2D eigenvalue weighted by atomic mass is 79.9. The van der Waals surface area contributed by atoms with E-state index in [4.69, 9.17) is 4.74 Å². The molecule has 0 N–H and O–H groups in total. The van der Waals surface area contributed by atoms with Crippen molar-refractivity contribution in [1.82, 2.24) is 0 Å². The molecule has 0 radical (unpaired) electrons. The van der Waals surface area contributed by atoms with Crippen molar-refractivity contribution >= 4 is 39.4 Å². The Morgan fingerprint density at radius 1 is 1.20 bits per heavy atom. The molecule has 0 aliphatic heterocycles. The third-order valence-corrected chi connectivity index (χ3v) is 3.81. The van der Waals surface area contributed by atoms with Crippen LogP contribution in [0.3, 0.4) is 0 Å². The molecule has 0 fully saturated rings. The van der Waals surface area contributed by atoms with Gasteiger partial charge in [0, 0.05) is 28.2 Å². The summed E-state index contributed by atoms with van der Waals surface area (Å²) in [6.07, 6.45) is 1.58. The molecular formula is C18H14BrNO5. The van der Waals surface area contributed by atoms with Crippen LogP contribution < -0.4 is 0 Å². The Morgan fingerprint density at radius 2 is 1.88 bits per heavy atom. The number of ether oxygens (including phenoxy) is 1. The molecule has 2 rings (SSSR count). The molecule has 2 aromatic rings. The van der Waals surface area contributed by atoms with Crippen molar-refractivity contribution in [2.24, 2.45) is 0 Å². The topological polar surface area (TPSA) is 86.5 Å². The molecule has 0 bridgehead atoms. The quantitative estimate of drug-likeness (QED) is 0.237. The lowest BCUT2D eigenvalue weighted by atomic mass is 10.1. The van der Waals surface area contributed by atoms with Crippen molar-refractivity contribution in [3.05, 3.63) is 80.3 Å². The van der Waals surface area contributed by atoms with Gasteiger partial charge in [0.15, 0.2) is 6.10 Å². The third kappa shape index (κ3) is 5.36. The van der Waals surface area contributed by atoms with Gasteiger partial charge < -0.3 is 4.74 Å². The van der Waals surface area contributed by atoms with Crippen molar-refractivity contribution in [3.63, 3.8) is 0 Å². The number of halogens is 1. The number of non-ortho nitro benzene ring substituents is 1. The van der Waals surface area contributed by atoms with E-state index in [0.717, 1.165) is 10.5 Å². The van der Waals surface area contributed by atoms with Gasteiger partial charge in [0.05, 0.1) is 4.92 Å². The van der Waals surface area contributed by atoms with Gasteiger partial charge in [-0.3, -0.25) is 14.9 Å². The highest BCUT2D eigenvalue weighted by Crippen LogP contribution is 2.15. The number of esters is 1. The summed E-state index contributed by atoms with van der Waals surface area (Å²) in [6.45, 7) is 1.49. The molecule has 0 spiro atoms. The van der Waals surface area contributed by atoms with Crippen molar-refractivity contribution in [2.45, 2.75) is 13.0 Å². The molecule has 2 aromatic carbocycles. The van der Waals surface area contributed by atoms with Crippen LogP contribution in [0.25, 0.3) is 6.08 Å². The molecule has 0 saturated heterocycles. The number of carbonyl (C=O) groups is 2. The molecular weight excluding hydrogens is 390 g/mol. The largest absolute Gasteiger partial charge is 0.451 e. The molecule has 0 amide bonds. The number of nitrogens with zero attached hydrogens (tertiary/aromatic N) is 1. The summed E-state index contributed by atoms with van der Waals surface area (Å²) in [5.74, 6) is -1.02. The second-order valence-electron chi connectivity index (χ2n) is 5.14. The van der Waals surface area contributed by atoms with Gasteiger partial charge in [0.2, 0.25) is 5.78 Å². The first kappa shape index (κ1) is 18.5. The van der Waals surface area contributed by atoms with Crippen LogP contribution in [-0.2, 0) is 9.53 Å². The van der Waals surface area contributed by atoms with E-state index in [-0.39, 0.29) is 11.5 Å². The first-order valence-corrected chi connectivity index (χ1v) is 8.09. The summed E-state index contributed by atoms with van der Waals surface area (Å²) in [4.78, 5) is 34.2. The van der Waals surface area contributed by atoms with Crippen LogP contribution in [0.2, 0.25) is 0 Å². The number of benzene rings is 2. The molecule has 0 aromatic heterocycles. The van der Waals surface area contributed by atoms with Crippen molar-refractivity contribution in [2.75, 3.05) is 0 Å². The van der Waals surface area contributed by atoms with Crippen LogP contribution in [0.1, 0.15) is 22.8 Å². The van der Waals surface area contributed by atoms with Gasteiger partial charge in [-0.25, -0.2) is 4.79 Å². The summed E-state index contributed by atoms with van der Waals surface area (Å²) >= 11 is 3.28. The zero-order chi connectivity index (χ0) is 18.4. The zero-order valence-electron chi connectivity index (χ0n) is 13.2. The van der Waals surface area contributed by atoms with Crippen molar-refractivity contribution in [1.29, 1.82) is 0 Å². The van der Waals surface area contributed by atoms with Gasteiger partial charge in [-0.05, 0) is 30.7 Å². The highest BCUT2D eigenvalue weighted by Gasteiger charge is 2.18. The van der Waals surface area contributed by atoms with E-state index in [1.807, 2.05) is 0 Å². The number of hydrogen-bond acceptors (Lipinski definition) is 5. The van der Waals surface area contributed by atoms with Crippen LogP contribution in [-0.4, -0.2) is 22.8 Å². The minimum Gasteiger partial charge on any atom is -0.451 e. The first-order chi connectivity index (χ1) is 11.9. The van der Waals surface area contributed by atoms with Gasteiger partial charge in [0.1, 0.15) is 0 Å². The lowest BCUT2D eigenvalue weighted by Crippen LogP contribution is -2.23. The van der Waals surface area contributed by atoms with Crippen LogP contribution in [0.5, 0.6) is 0 Å². The van der Waals surface area contributed by atoms with Gasteiger partial charge in [-0.2, -0.15) is 0 Å². The lowest BCUT2D eigenvalue weighted by molar-refractivity contribution is -0.384. The SMILES string of the molecule is C[C@@H](OC(=O)/C=C/c1cccc([N+](=O)[O-])c1)C(=O)c1ccc(Br)cc1. The highest BCUT2D eigenvalue weighted by molar-refractivity contribution is 9.10. The Morgan fingerprint density at radius 3 is 2.52 bits per heavy atom. The smallest absolute Gasteiger partial charge is 0.331 e. The predicted molar refractivity (Wildman–Crippen MR) is 96.2 cm³/mol. The number of Topliss-reactive ketones (excluding diaryl/α,β-unsaturated/α-hetero) is 1. The Bertz CT molecular complexity index is 830. The molecule has 6 nitrogen and oxygen atoms in total. The fourth-order valence-corrected chi connectivity index (χ4v) is 2.29. The van der Waals surface area contributed by atoms with E-state index in [1.165, 1.54) is 31.2 Å². The minimum atomic E-state index is -0.941. The van der Waals surface area contributed by atoms with Crippen molar-refractivity contribution in [3.8, 4) is 0 Å². The standard InChI is InChI=1S/C18H14BrNO5/c1-12(18(22)14-6-8-15(19)9-7-14)25-17(21)10-5-13-3-2-4-16(11-13)20(23)24/h2-12H,1H3/b10-5+/t12-/m1/s1. The Labute approximate surface area is 152 Å². The maximum Gasteiger partial charge on any atom is 0.331 e. The number of ketones is 1. The van der Waals surface area contributed by atoms with E-state index in [9.17, 15) is 19.7 Å². The van der Waals surface area contributed by atoms with Crippen LogP contribution in [0.4, 0.5) is 5.69 Å². The van der Waals surface area contributed by atoms with Crippen molar-refractivity contribution < 1.29 is 19.2 Å². The average Bonchev–Trinajstić information content (AvgIpc) is 2.60. The molecule has 0 heterocycles. The Balaban J connectivity index is 1.99. The zero-order valence-corrected chi connectivity index (χ0v) is 14.8. The Hall–Kier alpha value is -2.80. The summed E-state index contributed by atoms with van der Waals surface area (Å²) in [5, 5.41) is 10.7. The summed E-state index contributed by atoms with van der Waals surface area (Å²) in [6, 6.07) is 12.5. The summed E-state index contributed by atoms with van der Waals surface area (Å²) < 4.78 is 5.92. The number of carbonyl (C=O) groups excluding carboxylic acids is 2. The molecule has 0 unspecified atom stereocenters. The van der Waals surface area contributed by atoms with Crippen LogP contribution in [0, 0.1) is 10.1 Å². The van der Waals surface area contributed by atoms with Gasteiger partial charge >= 0.3 is 5.97 Å². The van der Waals surface area contributed by atoms with Gasteiger partial charge in [-0.15, -0.1) is 0 Å². The number of rotatable bonds is 6. The summed E-state index contributed by atoms with van der Waals surface area (Å²) in [7, 11) is 0. The molecule has 1 atom stereocenters. The van der Waals surface area contributed by atoms with Crippen LogP contribution in [0.15, 0.2) is 59.1 Å². The summed E-state index contributed by atoms with van der Waals surface area (Å²) in [5.41, 5.74) is 0.846. The monoisotopic (exact) mass is 403 g/mol. The van der Waals surface area contributed by atoms with E-state index in [0.29, 0.717) is 11.1 Å². The maximum absolute atomic E-state index is 12.2. The molecule has 0 aliphatic rings. The molecule has 0 aliphatic carbocycles. The molecule has 128 valence electrons. The third-order valence-electron chi connectivity index (χ3n) is 3.28. The number of hydrogen-bond donors (Lipinski definition) is 0. The normalized spacial score (nSPS) is 11.9. The molecule has 25 heavy (non-hydrogen) atoms. The second kappa shape index (κ2) is 8.34. The molecule has 7 heteroatoms. The van der Waals surface area contributed by atoms with E-state index < -0.39 is 17.0 Å². The maximum atomic E-state index is 12.2. The Kier molecular flexibility index (Phi) is 6.19. The van der Waals surface area contributed by atoms with E-state index >= 15 is 0 Å². The number of nitro benzene ring substituents is 1. The second-order valence-corrected chi connectivity index (χ2v) is 6.05. The van der Waals surface area contributed by atoms with E-state index in [1.54, 1.807) is 30.3 Å². The first-order valence-electron chi connectivity index (χ1n) is 7.30. The van der Waals surface area contributed by atoms with Gasteiger partial charge in [-0.1, -0.05) is 40.2 Å². The number of nitro groups is 1. The van der Waals surface area contributed by atoms with E-state index in [2.05, 4.69) is 15.9 Å². The molecule has 0 saturated carbocycles.